The van der Waals surface area contributed by atoms with Gasteiger partial charge in [-0.25, -0.2) is 0 Å². The van der Waals surface area contributed by atoms with Crippen LogP contribution in [0.5, 0.6) is 0 Å². The highest BCUT2D eigenvalue weighted by atomic mass is 16.2. The summed E-state index contributed by atoms with van der Waals surface area (Å²) < 4.78 is 0. The van der Waals surface area contributed by atoms with Gasteiger partial charge in [-0.1, -0.05) is 12.2 Å². The minimum absolute atomic E-state index is 0.0912. The van der Waals surface area contributed by atoms with Crippen molar-refractivity contribution in [2.75, 3.05) is 31.1 Å². The maximum Gasteiger partial charge on any atom is 0.226 e. The Morgan fingerprint density at radius 1 is 1.00 bits per heavy atom. The zero-order valence-electron chi connectivity index (χ0n) is 13.7. The van der Waals surface area contributed by atoms with Gasteiger partial charge in [0.05, 0.1) is 0 Å². The van der Waals surface area contributed by atoms with Crippen LogP contribution < -0.4 is 4.90 Å². The highest BCUT2D eigenvalue weighted by Gasteiger charge is 2.27. The van der Waals surface area contributed by atoms with Crippen LogP contribution in [0.2, 0.25) is 0 Å². The number of Topliss-reactive ketones (excluding diaryl/α,β-unsaturated/α-hetero) is 1. The van der Waals surface area contributed by atoms with E-state index < -0.39 is 0 Å². The fourth-order valence-corrected chi connectivity index (χ4v) is 3.37. The molecular formula is C19H24N2O2. The molecule has 1 amide bonds. The van der Waals surface area contributed by atoms with E-state index in [1.54, 1.807) is 6.92 Å². The molecule has 1 aromatic rings. The maximum absolute atomic E-state index is 12.6. The van der Waals surface area contributed by atoms with Crippen LogP contribution in [-0.2, 0) is 4.79 Å². The van der Waals surface area contributed by atoms with Crippen LogP contribution in [0.25, 0.3) is 0 Å². The Kier molecular flexibility index (Phi) is 4.79. The maximum atomic E-state index is 12.6. The molecule has 1 heterocycles. The van der Waals surface area contributed by atoms with E-state index in [0.29, 0.717) is 5.91 Å². The topological polar surface area (TPSA) is 40.6 Å². The standard InChI is InChI=1S/C19H24N2O2/c1-15(22)16-7-9-18(10-8-16)20-11-13-21(14-12-20)19(23)17-5-3-2-4-6-17/h2-3,7-10,17H,4-6,11-14H2,1H3/t17-/m1/s1. The number of amides is 1. The van der Waals surface area contributed by atoms with Gasteiger partial charge in [0.25, 0.3) is 0 Å². The third kappa shape index (κ3) is 3.63. The smallest absolute Gasteiger partial charge is 0.226 e. The van der Waals surface area contributed by atoms with Crippen molar-refractivity contribution in [3.05, 3.63) is 42.0 Å². The van der Waals surface area contributed by atoms with E-state index in [-0.39, 0.29) is 11.7 Å². The average molecular weight is 312 g/mol. The molecule has 1 aromatic carbocycles. The molecule has 0 saturated carbocycles. The molecule has 0 bridgehead atoms. The summed E-state index contributed by atoms with van der Waals surface area (Å²) in [7, 11) is 0. The number of anilines is 1. The van der Waals surface area contributed by atoms with E-state index in [2.05, 4.69) is 17.1 Å². The van der Waals surface area contributed by atoms with Crippen molar-refractivity contribution in [2.24, 2.45) is 5.92 Å². The molecule has 1 aliphatic heterocycles. The summed E-state index contributed by atoms with van der Waals surface area (Å²) >= 11 is 0. The number of rotatable bonds is 3. The predicted octanol–water partition coefficient (Wildman–Crippen LogP) is 2.89. The zero-order chi connectivity index (χ0) is 16.2. The summed E-state index contributed by atoms with van der Waals surface area (Å²) in [6.45, 7) is 4.86. The zero-order valence-corrected chi connectivity index (χ0v) is 13.7. The fraction of sp³-hybridized carbons (Fsp3) is 0.474. The molecule has 4 nitrogen and oxygen atoms in total. The number of carbonyl (C=O) groups excluding carboxylic acids is 2. The lowest BCUT2D eigenvalue weighted by Crippen LogP contribution is -2.50. The Balaban J connectivity index is 1.56. The highest BCUT2D eigenvalue weighted by Crippen LogP contribution is 2.23. The van der Waals surface area contributed by atoms with Gasteiger partial charge < -0.3 is 9.80 Å². The van der Waals surface area contributed by atoms with Gasteiger partial charge in [-0.3, -0.25) is 9.59 Å². The molecule has 0 aromatic heterocycles. The van der Waals surface area contributed by atoms with Gasteiger partial charge in [-0.2, -0.15) is 0 Å². The summed E-state index contributed by atoms with van der Waals surface area (Å²) in [6.07, 6.45) is 7.22. The number of nitrogens with zero attached hydrogens (tertiary/aromatic N) is 2. The lowest BCUT2D eigenvalue weighted by Gasteiger charge is -2.37. The average Bonchev–Trinajstić information content (AvgIpc) is 2.62. The van der Waals surface area contributed by atoms with E-state index >= 15 is 0 Å². The summed E-state index contributed by atoms with van der Waals surface area (Å²) in [6, 6.07) is 7.76. The molecule has 2 aliphatic rings. The second-order valence-electron chi connectivity index (χ2n) is 6.40. The first-order valence-electron chi connectivity index (χ1n) is 8.45. The van der Waals surface area contributed by atoms with E-state index in [1.807, 2.05) is 29.2 Å². The Labute approximate surface area is 137 Å². The van der Waals surface area contributed by atoms with Crippen molar-refractivity contribution in [1.29, 1.82) is 0 Å². The Hall–Kier alpha value is -2.10. The number of hydrogen-bond donors (Lipinski definition) is 0. The molecular weight excluding hydrogens is 288 g/mol. The van der Waals surface area contributed by atoms with Gasteiger partial charge in [0.2, 0.25) is 5.91 Å². The molecule has 23 heavy (non-hydrogen) atoms. The summed E-state index contributed by atoms with van der Waals surface area (Å²) in [5, 5.41) is 0. The second-order valence-corrected chi connectivity index (χ2v) is 6.40. The van der Waals surface area contributed by atoms with Crippen molar-refractivity contribution < 1.29 is 9.59 Å². The molecule has 0 radical (unpaired) electrons. The lowest BCUT2D eigenvalue weighted by atomic mass is 9.93. The Morgan fingerprint density at radius 3 is 2.26 bits per heavy atom. The first-order valence-corrected chi connectivity index (χ1v) is 8.45. The van der Waals surface area contributed by atoms with Crippen LogP contribution in [0.3, 0.4) is 0 Å². The van der Waals surface area contributed by atoms with E-state index in [0.717, 1.165) is 56.7 Å². The van der Waals surface area contributed by atoms with Gasteiger partial charge in [0.1, 0.15) is 0 Å². The van der Waals surface area contributed by atoms with Crippen LogP contribution in [0.4, 0.5) is 5.69 Å². The molecule has 0 spiro atoms. The van der Waals surface area contributed by atoms with Crippen LogP contribution in [0, 0.1) is 5.92 Å². The highest BCUT2D eigenvalue weighted by molar-refractivity contribution is 5.94. The molecule has 122 valence electrons. The minimum Gasteiger partial charge on any atom is -0.368 e. The molecule has 4 heteroatoms. The number of carbonyl (C=O) groups is 2. The van der Waals surface area contributed by atoms with Gasteiger partial charge in [0.15, 0.2) is 5.78 Å². The van der Waals surface area contributed by atoms with Gasteiger partial charge >= 0.3 is 0 Å². The molecule has 1 aliphatic carbocycles. The van der Waals surface area contributed by atoms with Gasteiger partial charge in [0, 0.05) is 43.3 Å². The number of benzene rings is 1. The molecule has 0 unspecified atom stereocenters. The van der Waals surface area contributed by atoms with E-state index in [4.69, 9.17) is 0 Å². The molecule has 1 fully saturated rings. The van der Waals surface area contributed by atoms with Crippen LogP contribution in [0.15, 0.2) is 36.4 Å². The summed E-state index contributed by atoms with van der Waals surface area (Å²) in [4.78, 5) is 28.2. The van der Waals surface area contributed by atoms with E-state index in [1.165, 1.54) is 0 Å². The lowest BCUT2D eigenvalue weighted by molar-refractivity contribution is -0.136. The van der Waals surface area contributed by atoms with Crippen LogP contribution >= 0.6 is 0 Å². The predicted molar refractivity (Wildman–Crippen MR) is 91.7 cm³/mol. The largest absolute Gasteiger partial charge is 0.368 e. The van der Waals surface area contributed by atoms with Crippen molar-refractivity contribution >= 4 is 17.4 Å². The summed E-state index contributed by atoms with van der Waals surface area (Å²) in [5.41, 5.74) is 1.87. The van der Waals surface area contributed by atoms with E-state index in [9.17, 15) is 9.59 Å². The number of allylic oxidation sites excluding steroid dienone is 2. The minimum atomic E-state index is 0.0912. The first-order chi connectivity index (χ1) is 11.1. The fourth-order valence-electron chi connectivity index (χ4n) is 3.37. The number of ketones is 1. The van der Waals surface area contributed by atoms with Crippen molar-refractivity contribution in [1.82, 2.24) is 4.90 Å². The number of piperazine rings is 1. The SMILES string of the molecule is CC(=O)c1ccc(N2CCN(C(=O)[C@@H]3CC=CCC3)CC2)cc1. The van der Waals surface area contributed by atoms with Crippen LogP contribution in [-0.4, -0.2) is 42.8 Å². The normalized spacial score (nSPS) is 21.3. The van der Waals surface area contributed by atoms with Crippen molar-refractivity contribution in [2.45, 2.75) is 26.2 Å². The number of hydrogen-bond acceptors (Lipinski definition) is 3. The van der Waals surface area contributed by atoms with Gasteiger partial charge in [-0.05, 0) is 50.5 Å². The van der Waals surface area contributed by atoms with Crippen molar-refractivity contribution in [3.63, 3.8) is 0 Å². The Bertz CT molecular complexity index is 598. The van der Waals surface area contributed by atoms with Crippen LogP contribution in [0.1, 0.15) is 36.5 Å². The molecule has 1 saturated heterocycles. The summed E-state index contributed by atoms with van der Waals surface area (Å²) in [5.74, 6) is 0.593. The second kappa shape index (κ2) is 6.99. The monoisotopic (exact) mass is 312 g/mol. The first kappa shape index (κ1) is 15.8. The quantitative estimate of drug-likeness (QED) is 0.636. The van der Waals surface area contributed by atoms with Crippen molar-refractivity contribution in [3.8, 4) is 0 Å². The molecule has 3 rings (SSSR count). The third-order valence-electron chi connectivity index (χ3n) is 4.85. The molecule has 0 N–H and O–H groups in total. The Morgan fingerprint density at radius 2 is 1.70 bits per heavy atom. The third-order valence-corrected chi connectivity index (χ3v) is 4.85. The van der Waals surface area contributed by atoms with Gasteiger partial charge in [-0.15, -0.1) is 0 Å². The molecule has 1 atom stereocenters.